The maximum absolute atomic E-state index is 3.78. The van der Waals surface area contributed by atoms with Gasteiger partial charge in [0, 0.05) is 6.04 Å². The number of rotatable bonds is 11. The molecule has 0 aromatic carbocycles. The van der Waals surface area contributed by atoms with E-state index in [0.717, 1.165) is 17.9 Å². The SMILES string of the molecule is CC(C)CCN(CCCNC1CCCCC1)CCC(C)C. The molecule has 1 saturated carbocycles. The number of nitrogens with zero attached hydrogens (tertiary/aromatic N) is 1. The molecule has 1 aliphatic rings. The molecule has 21 heavy (non-hydrogen) atoms. The summed E-state index contributed by atoms with van der Waals surface area (Å²) in [5, 5.41) is 3.78. The number of hydrogen-bond donors (Lipinski definition) is 1. The molecule has 0 aromatic rings. The van der Waals surface area contributed by atoms with Gasteiger partial charge in [0.05, 0.1) is 0 Å². The minimum atomic E-state index is 0.818. The molecule has 0 amide bonds. The Kier molecular flexibility index (Phi) is 10.4. The van der Waals surface area contributed by atoms with Crippen molar-refractivity contribution in [1.29, 1.82) is 0 Å². The van der Waals surface area contributed by atoms with Crippen molar-refractivity contribution in [3.63, 3.8) is 0 Å². The van der Waals surface area contributed by atoms with Gasteiger partial charge < -0.3 is 10.2 Å². The minimum absolute atomic E-state index is 0.818. The van der Waals surface area contributed by atoms with Crippen molar-refractivity contribution >= 4 is 0 Å². The first-order valence-electron chi connectivity index (χ1n) is 9.53. The maximum atomic E-state index is 3.78. The largest absolute Gasteiger partial charge is 0.314 e. The summed E-state index contributed by atoms with van der Waals surface area (Å²) in [6.45, 7) is 14.4. The van der Waals surface area contributed by atoms with E-state index in [4.69, 9.17) is 0 Å². The third-order valence-electron chi connectivity index (χ3n) is 4.73. The van der Waals surface area contributed by atoms with Crippen LogP contribution in [0, 0.1) is 11.8 Å². The van der Waals surface area contributed by atoms with E-state index in [-0.39, 0.29) is 0 Å². The highest BCUT2D eigenvalue weighted by molar-refractivity contribution is 4.72. The summed E-state index contributed by atoms with van der Waals surface area (Å²) in [4.78, 5) is 2.70. The predicted molar refractivity (Wildman–Crippen MR) is 94.8 cm³/mol. The molecular weight excluding hydrogens is 256 g/mol. The Balaban J connectivity index is 2.14. The minimum Gasteiger partial charge on any atom is -0.314 e. The summed E-state index contributed by atoms with van der Waals surface area (Å²) in [5.41, 5.74) is 0. The lowest BCUT2D eigenvalue weighted by molar-refractivity contribution is 0.237. The van der Waals surface area contributed by atoms with E-state index >= 15 is 0 Å². The van der Waals surface area contributed by atoms with Crippen molar-refractivity contribution in [3.8, 4) is 0 Å². The van der Waals surface area contributed by atoms with Crippen LogP contribution in [0.4, 0.5) is 0 Å². The first kappa shape index (κ1) is 19.0. The maximum Gasteiger partial charge on any atom is 0.00670 e. The summed E-state index contributed by atoms with van der Waals surface area (Å²) in [5.74, 6) is 1.65. The molecule has 0 unspecified atom stereocenters. The highest BCUT2D eigenvalue weighted by Gasteiger charge is 2.12. The second-order valence-electron chi connectivity index (χ2n) is 7.85. The molecule has 0 aliphatic heterocycles. The first-order chi connectivity index (χ1) is 10.1. The first-order valence-corrected chi connectivity index (χ1v) is 9.53. The van der Waals surface area contributed by atoms with Crippen LogP contribution in [-0.4, -0.2) is 37.1 Å². The van der Waals surface area contributed by atoms with Crippen LogP contribution in [-0.2, 0) is 0 Å². The number of hydrogen-bond acceptors (Lipinski definition) is 2. The van der Waals surface area contributed by atoms with Gasteiger partial charge in [0.25, 0.3) is 0 Å². The van der Waals surface area contributed by atoms with Crippen molar-refractivity contribution in [2.45, 2.75) is 85.1 Å². The topological polar surface area (TPSA) is 15.3 Å². The smallest absolute Gasteiger partial charge is 0.00670 e. The molecule has 1 N–H and O–H groups in total. The summed E-state index contributed by atoms with van der Waals surface area (Å²) < 4.78 is 0. The van der Waals surface area contributed by atoms with Crippen molar-refractivity contribution in [2.24, 2.45) is 11.8 Å². The van der Waals surface area contributed by atoms with Gasteiger partial charge in [-0.3, -0.25) is 0 Å². The Labute approximate surface area is 134 Å². The highest BCUT2D eigenvalue weighted by Crippen LogP contribution is 2.17. The Morgan fingerprint density at radius 3 is 1.95 bits per heavy atom. The molecule has 0 aromatic heterocycles. The monoisotopic (exact) mass is 296 g/mol. The van der Waals surface area contributed by atoms with Crippen molar-refractivity contribution < 1.29 is 0 Å². The molecule has 1 fully saturated rings. The van der Waals surface area contributed by atoms with Crippen molar-refractivity contribution in [2.75, 3.05) is 26.2 Å². The summed E-state index contributed by atoms with van der Waals surface area (Å²) in [7, 11) is 0. The molecule has 0 bridgehead atoms. The zero-order chi connectivity index (χ0) is 15.5. The van der Waals surface area contributed by atoms with Gasteiger partial charge in [-0.15, -0.1) is 0 Å². The molecule has 2 heteroatoms. The Hall–Kier alpha value is -0.0800. The molecule has 1 aliphatic carbocycles. The van der Waals surface area contributed by atoms with Crippen LogP contribution in [0.2, 0.25) is 0 Å². The third kappa shape index (κ3) is 10.3. The standard InChI is InChI=1S/C19H40N2/c1-17(2)11-15-21(16-12-18(3)4)14-8-13-20-19-9-6-5-7-10-19/h17-20H,5-16H2,1-4H3. The van der Waals surface area contributed by atoms with E-state index in [1.165, 1.54) is 77.5 Å². The van der Waals surface area contributed by atoms with Gasteiger partial charge in [0.2, 0.25) is 0 Å². The van der Waals surface area contributed by atoms with Gasteiger partial charge in [0.15, 0.2) is 0 Å². The van der Waals surface area contributed by atoms with Crippen LogP contribution in [0.3, 0.4) is 0 Å². The average Bonchev–Trinajstić information content (AvgIpc) is 2.46. The lowest BCUT2D eigenvalue weighted by Gasteiger charge is -2.26. The fourth-order valence-corrected chi connectivity index (χ4v) is 3.13. The van der Waals surface area contributed by atoms with Crippen molar-refractivity contribution in [1.82, 2.24) is 10.2 Å². The van der Waals surface area contributed by atoms with Gasteiger partial charge in [-0.1, -0.05) is 47.0 Å². The van der Waals surface area contributed by atoms with E-state index < -0.39 is 0 Å². The van der Waals surface area contributed by atoms with Gasteiger partial charge in [-0.2, -0.15) is 0 Å². The quantitative estimate of drug-likeness (QED) is 0.556. The second-order valence-corrected chi connectivity index (χ2v) is 7.85. The molecule has 2 nitrogen and oxygen atoms in total. The van der Waals surface area contributed by atoms with Gasteiger partial charge >= 0.3 is 0 Å². The number of nitrogens with one attached hydrogen (secondary N) is 1. The molecule has 0 heterocycles. The van der Waals surface area contributed by atoms with Crippen LogP contribution < -0.4 is 5.32 Å². The van der Waals surface area contributed by atoms with E-state index in [1.807, 2.05) is 0 Å². The van der Waals surface area contributed by atoms with Gasteiger partial charge in [-0.25, -0.2) is 0 Å². The normalized spacial score (nSPS) is 17.3. The Bertz CT molecular complexity index is 220. The third-order valence-corrected chi connectivity index (χ3v) is 4.73. The zero-order valence-electron chi connectivity index (χ0n) is 15.2. The van der Waals surface area contributed by atoms with E-state index in [1.54, 1.807) is 0 Å². The van der Waals surface area contributed by atoms with Crippen LogP contribution >= 0.6 is 0 Å². The van der Waals surface area contributed by atoms with Crippen LogP contribution in [0.5, 0.6) is 0 Å². The molecule has 0 radical (unpaired) electrons. The fourth-order valence-electron chi connectivity index (χ4n) is 3.13. The fraction of sp³-hybridized carbons (Fsp3) is 1.00. The van der Waals surface area contributed by atoms with Crippen molar-refractivity contribution in [3.05, 3.63) is 0 Å². The second kappa shape index (κ2) is 11.5. The van der Waals surface area contributed by atoms with Crippen LogP contribution in [0.25, 0.3) is 0 Å². The van der Waals surface area contributed by atoms with E-state index in [2.05, 4.69) is 37.9 Å². The zero-order valence-corrected chi connectivity index (χ0v) is 15.2. The molecule has 0 saturated heterocycles. The molecular formula is C19H40N2. The molecule has 1 rings (SSSR count). The summed E-state index contributed by atoms with van der Waals surface area (Å²) in [6, 6.07) is 0.818. The average molecular weight is 297 g/mol. The lowest BCUT2D eigenvalue weighted by atomic mass is 9.95. The summed E-state index contributed by atoms with van der Waals surface area (Å²) in [6.07, 6.45) is 11.1. The summed E-state index contributed by atoms with van der Waals surface area (Å²) >= 11 is 0. The molecule has 0 atom stereocenters. The lowest BCUT2D eigenvalue weighted by Crippen LogP contribution is -2.35. The highest BCUT2D eigenvalue weighted by atomic mass is 15.1. The Morgan fingerprint density at radius 1 is 0.857 bits per heavy atom. The van der Waals surface area contributed by atoms with E-state index in [9.17, 15) is 0 Å². The van der Waals surface area contributed by atoms with Gasteiger partial charge in [-0.05, 0) is 70.1 Å². The molecule has 0 spiro atoms. The van der Waals surface area contributed by atoms with E-state index in [0.29, 0.717) is 0 Å². The van der Waals surface area contributed by atoms with Crippen LogP contribution in [0.15, 0.2) is 0 Å². The Morgan fingerprint density at radius 2 is 1.43 bits per heavy atom. The predicted octanol–water partition coefficient (Wildman–Crippen LogP) is 4.69. The van der Waals surface area contributed by atoms with Gasteiger partial charge in [0.1, 0.15) is 0 Å². The molecule has 126 valence electrons. The van der Waals surface area contributed by atoms with Crippen LogP contribution in [0.1, 0.15) is 79.1 Å².